The summed E-state index contributed by atoms with van der Waals surface area (Å²) in [5.74, 6) is 1.09. The lowest BCUT2D eigenvalue weighted by Crippen LogP contribution is -2.21. The number of methoxy groups -OCH3 is 2. The van der Waals surface area contributed by atoms with E-state index < -0.39 is 28.6 Å². The molecule has 0 bridgehead atoms. The third-order valence-corrected chi connectivity index (χ3v) is 9.16. The molecule has 3 aromatic carbocycles. The van der Waals surface area contributed by atoms with Gasteiger partial charge in [0.1, 0.15) is 11.5 Å². The minimum atomic E-state index is -4.93. The van der Waals surface area contributed by atoms with E-state index in [1.165, 1.54) is 12.7 Å². The number of hydrogen-bond donors (Lipinski definition) is 0. The maximum atomic E-state index is 13.8. The van der Waals surface area contributed by atoms with Crippen LogP contribution >= 0.6 is 8.58 Å². The van der Waals surface area contributed by atoms with Crippen molar-refractivity contribution in [3.05, 3.63) is 75.8 Å². The molecule has 2 nitrogen and oxygen atoms in total. The van der Waals surface area contributed by atoms with Crippen molar-refractivity contribution in [3.8, 4) is 22.6 Å². The highest BCUT2D eigenvalue weighted by Gasteiger charge is 2.39. The number of rotatable bonds is 12. The van der Waals surface area contributed by atoms with Crippen LogP contribution in [0.3, 0.4) is 0 Å². The molecule has 1 unspecified atom stereocenters. The van der Waals surface area contributed by atoms with Crippen LogP contribution in [0.5, 0.6) is 11.5 Å². The first-order valence-corrected chi connectivity index (χ1v) is 15.6. The first-order chi connectivity index (χ1) is 20.1. The lowest BCUT2D eigenvalue weighted by atomic mass is 9.87. The standard InChI is InChI=1S/C34H41F6O2P/c1-8-11-21-16-22(12-9-2)29(23(17-21)13-10-3)30-27(41-6)14-15-28(42-7)31(30)43-32(4,5)24-18-25(33(35,36)37)20-26(19-24)34(38,39)40/h14-20,43H,8-13H2,1-7H3. The van der Waals surface area contributed by atoms with Crippen LogP contribution in [0.1, 0.15) is 87.3 Å². The number of hydrogen-bond acceptors (Lipinski definition) is 2. The van der Waals surface area contributed by atoms with Crippen molar-refractivity contribution in [3.63, 3.8) is 0 Å². The molecule has 0 saturated heterocycles. The normalized spacial score (nSPS) is 12.8. The molecule has 0 aliphatic rings. The highest BCUT2D eigenvalue weighted by Crippen LogP contribution is 2.50. The Balaban J connectivity index is 2.37. The lowest BCUT2D eigenvalue weighted by molar-refractivity contribution is -0.143. The summed E-state index contributed by atoms with van der Waals surface area (Å²) < 4.78 is 94.3. The topological polar surface area (TPSA) is 18.5 Å². The Bertz CT molecular complexity index is 1350. The second-order valence-corrected chi connectivity index (χ2v) is 13.3. The number of ether oxygens (including phenoxy) is 2. The summed E-state index contributed by atoms with van der Waals surface area (Å²) in [7, 11) is 2.83. The van der Waals surface area contributed by atoms with E-state index in [4.69, 9.17) is 9.47 Å². The van der Waals surface area contributed by atoms with E-state index in [-0.39, 0.29) is 20.2 Å². The minimum absolute atomic E-state index is 0.0512. The molecule has 0 aliphatic heterocycles. The Kier molecular flexibility index (Phi) is 11.3. The fraction of sp³-hybridized carbons (Fsp3) is 0.471. The van der Waals surface area contributed by atoms with Gasteiger partial charge in [-0.25, -0.2) is 0 Å². The Morgan fingerprint density at radius 2 is 1.05 bits per heavy atom. The molecule has 0 spiro atoms. The predicted molar refractivity (Wildman–Crippen MR) is 164 cm³/mol. The summed E-state index contributed by atoms with van der Waals surface area (Å²) >= 11 is 0. The molecule has 236 valence electrons. The van der Waals surface area contributed by atoms with Crippen LogP contribution in [0.25, 0.3) is 11.1 Å². The van der Waals surface area contributed by atoms with Crippen LogP contribution in [0.2, 0.25) is 0 Å². The monoisotopic (exact) mass is 626 g/mol. The second-order valence-electron chi connectivity index (χ2n) is 11.3. The van der Waals surface area contributed by atoms with E-state index in [0.717, 1.165) is 72.9 Å². The van der Waals surface area contributed by atoms with Crippen LogP contribution in [0.4, 0.5) is 26.3 Å². The number of alkyl halides is 6. The van der Waals surface area contributed by atoms with E-state index >= 15 is 0 Å². The van der Waals surface area contributed by atoms with E-state index in [1.807, 2.05) is 6.07 Å². The summed E-state index contributed by atoms with van der Waals surface area (Å²) in [6, 6.07) is 9.84. The largest absolute Gasteiger partial charge is 0.496 e. The fourth-order valence-corrected chi connectivity index (χ4v) is 7.10. The van der Waals surface area contributed by atoms with Gasteiger partial charge in [0.05, 0.1) is 25.3 Å². The summed E-state index contributed by atoms with van der Waals surface area (Å²) in [4.78, 5) is 0. The van der Waals surface area contributed by atoms with E-state index in [9.17, 15) is 26.3 Å². The van der Waals surface area contributed by atoms with Crippen molar-refractivity contribution in [1.82, 2.24) is 0 Å². The molecule has 0 aliphatic carbocycles. The van der Waals surface area contributed by atoms with Crippen LogP contribution in [-0.4, -0.2) is 14.2 Å². The zero-order valence-corrected chi connectivity index (χ0v) is 26.9. The minimum Gasteiger partial charge on any atom is -0.496 e. The van der Waals surface area contributed by atoms with E-state index in [2.05, 4.69) is 32.9 Å². The first kappa shape index (κ1) is 34.8. The van der Waals surface area contributed by atoms with Gasteiger partial charge in [0.15, 0.2) is 0 Å². The zero-order chi connectivity index (χ0) is 32.2. The zero-order valence-electron chi connectivity index (χ0n) is 25.9. The van der Waals surface area contributed by atoms with Gasteiger partial charge in [-0.05, 0) is 77.4 Å². The van der Waals surface area contributed by atoms with Gasteiger partial charge in [-0.1, -0.05) is 74.6 Å². The molecular formula is C34H41F6O2P. The van der Waals surface area contributed by atoms with Crippen LogP contribution in [0.15, 0.2) is 42.5 Å². The number of halogens is 6. The van der Waals surface area contributed by atoms with Crippen molar-refractivity contribution in [2.24, 2.45) is 0 Å². The third kappa shape index (κ3) is 8.06. The van der Waals surface area contributed by atoms with Gasteiger partial charge in [-0.2, -0.15) is 26.3 Å². The van der Waals surface area contributed by atoms with Crippen molar-refractivity contribution in [2.45, 2.75) is 90.7 Å². The highest BCUT2D eigenvalue weighted by atomic mass is 31.1. The average molecular weight is 627 g/mol. The molecule has 0 heterocycles. The third-order valence-electron chi connectivity index (χ3n) is 7.50. The van der Waals surface area contributed by atoms with Crippen LogP contribution < -0.4 is 14.8 Å². The highest BCUT2D eigenvalue weighted by molar-refractivity contribution is 7.49. The van der Waals surface area contributed by atoms with Gasteiger partial charge >= 0.3 is 12.4 Å². The molecule has 0 saturated carbocycles. The smallest absolute Gasteiger partial charge is 0.416 e. The Labute approximate surface area is 253 Å². The Hall–Kier alpha value is -2.73. The molecule has 3 rings (SSSR count). The van der Waals surface area contributed by atoms with Gasteiger partial charge in [0.25, 0.3) is 0 Å². The SMILES string of the molecule is CCCc1cc(CCC)c(-c2c(OC)ccc(OC)c2PC(C)(C)c2cc(C(F)(F)F)cc(C(F)(F)F)c2)c(CCC)c1. The second kappa shape index (κ2) is 13.9. The van der Waals surface area contributed by atoms with Gasteiger partial charge in [-0.3, -0.25) is 0 Å². The lowest BCUT2D eigenvalue weighted by Gasteiger charge is -2.31. The summed E-state index contributed by atoms with van der Waals surface area (Å²) in [5, 5.41) is -0.413. The molecule has 9 heteroatoms. The van der Waals surface area contributed by atoms with E-state index in [0.29, 0.717) is 16.8 Å². The average Bonchev–Trinajstić information content (AvgIpc) is 2.92. The van der Waals surface area contributed by atoms with Gasteiger partial charge in [-0.15, -0.1) is 0 Å². The summed E-state index contributed by atoms with van der Waals surface area (Å²) in [6.07, 6.45) is -4.53. The van der Waals surface area contributed by atoms with Crippen molar-refractivity contribution in [2.75, 3.05) is 14.2 Å². The summed E-state index contributed by atoms with van der Waals surface area (Å²) in [6.45, 7) is 9.70. The van der Waals surface area contributed by atoms with Gasteiger partial charge in [0, 0.05) is 16.0 Å². The molecule has 0 fully saturated rings. The Morgan fingerprint density at radius 3 is 1.47 bits per heavy atom. The van der Waals surface area contributed by atoms with Crippen LogP contribution in [0, 0.1) is 0 Å². The molecule has 0 radical (unpaired) electrons. The maximum Gasteiger partial charge on any atom is 0.416 e. The molecular weight excluding hydrogens is 585 g/mol. The molecule has 0 aromatic heterocycles. The van der Waals surface area contributed by atoms with Gasteiger partial charge in [0.2, 0.25) is 0 Å². The fourth-order valence-electron chi connectivity index (χ4n) is 5.50. The Morgan fingerprint density at radius 1 is 0.605 bits per heavy atom. The summed E-state index contributed by atoms with van der Waals surface area (Å²) in [5.41, 5.74) is 2.63. The molecule has 43 heavy (non-hydrogen) atoms. The molecule has 0 N–H and O–H groups in total. The molecule has 3 aromatic rings. The molecule has 0 amide bonds. The molecule has 1 atom stereocenters. The number of aryl methyl sites for hydroxylation is 3. The van der Waals surface area contributed by atoms with Crippen molar-refractivity contribution in [1.29, 1.82) is 0 Å². The van der Waals surface area contributed by atoms with Crippen LogP contribution in [-0.2, 0) is 36.8 Å². The van der Waals surface area contributed by atoms with Gasteiger partial charge < -0.3 is 9.47 Å². The predicted octanol–water partition coefficient (Wildman–Crippen LogP) is 10.5. The number of benzene rings is 3. The first-order valence-electron chi connectivity index (χ1n) is 14.6. The van der Waals surface area contributed by atoms with Crippen molar-refractivity contribution >= 4 is 13.9 Å². The van der Waals surface area contributed by atoms with Crippen molar-refractivity contribution < 1.29 is 35.8 Å². The maximum absolute atomic E-state index is 13.8. The van der Waals surface area contributed by atoms with E-state index in [1.54, 1.807) is 27.0 Å². The quantitative estimate of drug-likeness (QED) is 0.147.